The lowest BCUT2D eigenvalue weighted by molar-refractivity contribution is -0.118. The van der Waals surface area contributed by atoms with Gasteiger partial charge in [0.15, 0.2) is 6.61 Å². The summed E-state index contributed by atoms with van der Waals surface area (Å²) in [5, 5.41) is 3.38. The second-order valence-corrected chi connectivity index (χ2v) is 10.4. The molecule has 0 atom stereocenters. The molecule has 0 saturated heterocycles. The number of esters is 1. The second-order valence-electron chi connectivity index (χ2n) is 9.30. The molecule has 37 heavy (non-hydrogen) atoms. The summed E-state index contributed by atoms with van der Waals surface area (Å²) in [5.74, 6) is -0.252. The minimum atomic E-state index is -0.399. The molecular formula is C29H30N2O5S. The van der Waals surface area contributed by atoms with Crippen LogP contribution in [0.3, 0.4) is 0 Å². The molecule has 0 fully saturated rings. The minimum absolute atomic E-state index is 0.0356. The average molecular weight is 519 g/mol. The van der Waals surface area contributed by atoms with Crippen molar-refractivity contribution in [1.82, 2.24) is 4.90 Å². The predicted molar refractivity (Wildman–Crippen MR) is 142 cm³/mol. The summed E-state index contributed by atoms with van der Waals surface area (Å²) in [6.07, 6.45) is 3.38. The Morgan fingerprint density at radius 1 is 1.05 bits per heavy atom. The van der Waals surface area contributed by atoms with Gasteiger partial charge in [-0.3, -0.25) is 9.59 Å². The maximum atomic E-state index is 13.2. The Hall–Kier alpha value is -3.65. The number of hydrogen-bond donors (Lipinski definition) is 1. The van der Waals surface area contributed by atoms with Crippen LogP contribution in [-0.4, -0.2) is 42.4 Å². The first-order valence-corrected chi connectivity index (χ1v) is 13.5. The van der Waals surface area contributed by atoms with Crippen LogP contribution < -0.4 is 10.1 Å². The molecular weight excluding hydrogens is 488 g/mol. The maximum Gasteiger partial charge on any atom is 0.341 e. The number of hydrogen-bond acceptors (Lipinski definition) is 6. The van der Waals surface area contributed by atoms with Crippen LogP contribution in [-0.2, 0) is 35.3 Å². The first-order chi connectivity index (χ1) is 18.0. The summed E-state index contributed by atoms with van der Waals surface area (Å²) in [6.45, 7) is 5.02. The van der Waals surface area contributed by atoms with Gasteiger partial charge in [-0.05, 0) is 68.4 Å². The Labute approximate surface area is 220 Å². The van der Waals surface area contributed by atoms with Crippen molar-refractivity contribution in [2.45, 2.75) is 46.1 Å². The van der Waals surface area contributed by atoms with E-state index in [2.05, 4.69) is 5.32 Å². The van der Waals surface area contributed by atoms with E-state index in [-0.39, 0.29) is 25.0 Å². The normalized spacial score (nSPS) is 14.2. The van der Waals surface area contributed by atoms with Crippen LogP contribution in [0.2, 0.25) is 0 Å². The van der Waals surface area contributed by atoms with E-state index in [9.17, 15) is 14.4 Å². The molecule has 0 bridgehead atoms. The molecule has 2 amide bonds. The lowest BCUT2D eigenvalue weighted by Gasteiger charge is -2.30. The summed E-state index contributed by atoms with van der Waals surface area (Å²) in [5.41, 5.74) is 5.19. The first-order valence-electron chi connectivity index (χ1n) is 12.7. The fraction of sp³-hybridized carbons (Fsp3) is 0.345. The molecule has 0 spiro atoms. The number of benzene rings is 2. The first kappa shape index (κ1) is 25.0. The maximum absolute atomic E-state index is 13.2. The number of fused-ring (bicyclic) bond motifs is 2. The SMILES string of the molecule is CCOC(=O)c1c(NC(=O)COc2cccc3c2CCN(Cc2ccccc2C)C3=O)sc2c1CCC2. The number of carbonyl (C=O) groups excluding carboxylic acids is 3. The van der Waals surface area contributed by atoms with Gasteiger partial charge in [0.1, 0.15) is 10.8 Å². The highest BCUT2D eigenvalue weighted by Crippen LogP contribution is 2.39. The molecule has 1 aromatic heterocycles. The summed E-state index contributed by atoms with van der Waals surface area (Å²) in [6, 6.07) is 13.5. The number of ether oxygens (including phenoxy) is 2. The second kappa shape index (κ2) is 10.8. The molecule has 8 heteroatoms. The van der Waals surface area contributed by atoms with Crippen LogP contribution >= 0.6 is 11.3 Å². The number of thiophene rings is 1. The van der Waals surface area contributed by atoms with Gasteiger partial charge in [-0.2, -0.15) is 0 Å². The number of nitrogens with zero attached hydrogens (tertiary/aromatic N) is 1. The van der Waals surface area contributed by atoms with Crippen molar-refractivity contribution < 1.29 is 23.9 Å². The van der Waals surface area contributed by atoms with Crippen molar-refractivity contribution in [1.29, 1.82) is 0 Å². The Morgan fingerprint density at radius 2 is 1.89 bits per heavy atom. The zero-order valence-electron chi connectivity index (χ0n) is 21.1. The number of rotatable bonds is 8. The van der Waals surface area contributed by atoms with Crippen LogP contribution in [0, 0.1) is 6.92 Å². The van der Waals surface area contributed by atoms with Gasteiger partial charge in [-0.25, -0.2) is 4.79 Å². The van der Waals surface area contributed by atoms with Crippen molar-refractivity contribution in [2.24, 2.45) is 0 Å². The number of amides is 2. The summed E-state index contributed by atoms with van der Waals surface area (Å²) in [4.78, 5) is 41.6. The lowest BCUT2D eigenvalue weighted by Crippen LogP contribution is -2.37. The van der Waals surface area contributed by atoms with E-state index in [1.54, 1.807) is 19.1 Å². The third kappa shape index (κ3) is 5.11. The molecule has 5 rings (SSSR count). The van der Waals surface area contributed by atoms with Gasteiger partial charge in [-0.1, -0.05) is 30.3 Å². The molecule has 7 nitrogen and oxygen atoms in total. The van der Waals surface area contributed by atoms with Gasteiger partial charge in [0.25, 0.3) is 11.8 Å². The molecule has 0 saturated carbocycles. The number of nitrogens with one attached hydrogen (secondary N) is 1. The van der Waals surface area contributed by atoms with Crippen molar-refractivity contribution in [2.75, 3.05) is 25.1 Å². The number of anilines is 1. The third-order valence-corrected chi connectivity index (χ3v) is 8.12. The van der Waals surface area contributed by atoms with Gasteiger partial charge in [0.05, 0.1) is 12.2 Å². The van der Waals surface area contributed by atoms with E-state index in [0.717, 1.165) is 46.4 Å². The topological polar surface area (TPSA) is 84.9 Å². The van der Waals surface area contributed by atoms with E-state index < -0.39 is 5.97 Å². The number of aryl methyl sites for hydroxylation is 2. The summed E-state index contributed by atoms with van der Waals surface area (Å²) >= 11 is 1.44. The largest absolute Gasteiger partial charge is 0.483 e. The fourth-order valence-electron chi connectivity index (χ4n) is 5.04. The Kier molecular flexibility index (Phi) is 7.28. The average Bonchev–Trinajstić information content (AvgIpc) is 3.47. The molecule has 3 aromatic rings. The predicted octanol–water partition coefficient (Wildman–Crippen LogP) is 4.94. The Balaban J connectivity index is 1.26. The monoisotopic (exact) mass is 518 g/mol. The number of carbonyl (C=O) groups is 3. The van der Waals surface area contributed by atoms with Gasteiger partial charge in [0.2, 0.25) is 0 Å². The highest BCUT2D eigenvalue weighted by molar-refractivity contribution is 7.17. The minimum Gasteiger partial charge on any atom is -0.483 e. The van der Waals surface area contributed by atoms with E-state index in [1.807, 2.05) is 42.2 Å². The molecule has 1 aliphatic heterocycles. The van der Waals surface area contributed by atoms with Crippen LogP contribution in [0.1, 0.15) is 61.2 Å². The quantitative estimate of drug-likeness (QED) is 0.427. The smallest absolute Gasteiger partial charge is 0.341 e. The molecule has 1 aliphatic carbocycles. The van der Waals surface area contributed by atoms with Gasteiger partial charge >= 0.3 is 5.97 Å². The van der Waals surface area contributed by atoms with Crippen LogP contribution in [0.5, 0.6) is 5.75 Å². The molecule has 192 valence electrons. The van der Waals surface area contributed by atoms with Crippen molar-refractivity contribution >= 4 is 34.1 Å². The standard InChI is InChI=1S/C29H30N2O5S/c1-3-35-29(34)26-22-11-7-13-24(22)37-27(26)30-25(32)17-36-23-12-6-10-21-20(23)14-15-31(28(21)33)16-19-9-5-4-8-18(19)2/h4-6,8-10,12H,3,7,11,13-17H2,1-2H3,(H,30,32). The molecule has 0 unspecified atom stereocenters. The van der Waals surface area contributed by atoms with E-state index in [0.29, 0.717) is 41.4 Å². The zero-order valence-corrected chi connectivity index (χ0v) is 21.9. The van der Waals surface area contributed by atoms with Crippen molar-refractivity contribution in [3.05, 3.63) is 80.7 Å². The van der Waals surface area contributed by atoms with E-state index in [1.165, 1.54) is 11.3 Å². The highest BCUT2D eigenvalue weighted by atomic mass is 32.1. The molecule has 2 heterocycles. The highest BCUT2D eigenvalue weighted by Gasteiger charge is 2.29. The van der Waals surface area contributed by atoms with Gasteiger partial charge < -0.3 is 19.7 Å². The lowest BCUT2D eigenvalue weighted by atomic mass is 9.97. The molecule has 0 radical (unpaired) electrons. The van der Waals surface area contributed by atoms with E-state index >= 15 is 0 Å². The fourth-order valence-corrected chi connectivity index (χ4v) is 6.33. The Bertz CT molecular complexity index is 1360. The van der Waals surface area contributed by atoms with Crippen LogP contribution in [0.25, 0.3) is 0 Å². The van der Waals surface area contributed by atoms with Gasteiger partial charge in [-0.15, -0.1) is 11.3 Å². The molecule has 2 aromatic carbocycles. The molecule has 1 N–H and O–H groups in total. The van der Waals surface area contributed by atoms with Crippen LogP contribution in [0.4, 0.5) is 5.00 Å². The third-order valence-electron chi connectivity index (χ3n) is 6.92. The van der Waals surface area contributed by atoms with Crippen molar-refractivity contribution in [3.8, 4) is 5.75 Å². The zero-order chi connectivity index (χ0) is 25.9. The van der Waals surface area contributed by atoms with Crippen LogP contribution in [0.15, 0.2) is 42.5 Å². The van der Waals surface area contributed by atoms with Crippen molar-refractivity contribution in [3.63, 3.8) is 0 Å². The summed E-state index contributed by atoms with van der Waals surface area (Å²) < 4.78 is 11.1. The Morgan fingerprint density at radius 3 is 2.70 bits per heavy atom. The summed E-state index contributed by atoms with van der Waals surface area (Å²) in [7, 11) is 0. The van der Waals surface area contributed by atoms with Gasteiger partial charge in [0, 0.05) is 29.1 Å². The molecule has 2 aliphatic rings. The van der Waals surface area contributed by atoms with E-state index in [4.69, 9.17) is 9.47 Å².